The minimum absolute atomic E-state index is 0.356. The molecule has 1 aromatic carbocycles. The van der Waals surface area contributed by atoms with Crippen molar-refractivity contribution in [3.63, 3.8) is 0 Å². The maximum Gasteiger partial charge on any atom is 0.407 e. The van der Waals surface area contributed by atoms with Gasteiger partial charge < -0.3 is 19.4 Å². The fourth-order valence-corrected chi connectivity index (χ4v) is 3.06. The van der Waals surface area contributed by atoms with E-state index in [2.05, 4.69) is 15.2 Å². The van der Waals surface area contributed by atoms with Crippen LogP contribution in [0, 0.1) is 5.92 Å². The monoisotopic (exact) mass is 365 g/mol. The number of carbonyl (C=O) groups excluding carboxylic acids is 1. The smallest absolute Gasteiger partial charge is 0.407 e. The van der Waals surface area contributed by atoms with E-state index in [-0.39, 0.29) is 6.09 Å². The van der Waals surface area contributed by atoms with Crippen LogP contribution in [0.3, 0.4) is 0 Å². The van der Waals surface area contributed by atoms with Crippen molar-refractivity contribution >= 4 is 34.8 Å². The van der Waals surface area contributed by atoms with E-state index in [4.69, 9.17) is 20.8 Å². The predicted octanol–water partition coefficient (Wildman–Crippen LogP) is 4.22. The Morgan fingerprint density at radius 3 is 2.80 bits per heavy atom. The molecule has 1 N–H and O–H groups in total. The second-order valence-corrected chi connectivity index (χ2v) is 7.86. The fraction of sp³-hybridized carbons (Fsp3) is 0.556. The molecule has 0 radical (unpaired) electrons. The molecule has 1 aromatic heterocycles. The molecule has 1 saturated heterocycles. The summed E-state index contributed by atoms with van der Waals surface area (Å²) in [4.78, 5) is 18.4. The Morgan fingerprint density at radius 1 is 1.40 bits per heavy atom. The molecule has 7 heteroatoms. The summed E-state index contributed by atoms with van der Waals surface area (Å²) in [6, 6.07) is 6.08. The van der Waals surface area contributed by atoms with Crippen molar-refractivity contribution in [2.75, 3.05) is 24.5 Å². The number of nitrogens with one attached hydrogen (secondary N) is 1. The highest BCUT2D eigenvalue weighted by Gasteiger charge is 2.24. The Labute approximate surface area is 152 Å². The van der Waals surface area contributed by atoms with Crippen LogP contribution in [0.4, 0.5) is 10.8 Å². The molecular weight excluding hydrogens is 342 g/mol. The lowest BCUT2D eigenvalue weighted by Gasteiger charge is -2.31. The van der Waals surface area contributed by atoms with Gasteiger partial charge in [0, 0.05) is 24.7 Å². The molecule has 0 saturated carbocycles. The van der Waals surface area contributed by atoms with Gasteiger partial charge in [-0.1, -0.05) is 11.6 Å². The van der Waals surface area contributed by atoms with Gasteiger partial charge in [0.15, 0.2) is 5.58 Å². The first-order chi connectivity index (χ1) is 11.8. The van der Waals surface area contributed by atoms with E-state index in [0.717, 1.165) is 37.0 Å². The number of alkyl carbamates (subject to hydrolysis) is 1. The lowest BCUT2D eigenvalue weighted by atomic mass is 9.97. The molecule has 3 rings (SSSR count). The maximum atomic E-state index is 11.7. The van der Waals surface area contributed by atoms with E-state index < -0.39 is 5.60 Å². The number of hydrogen-bond donors (Lipinski definition) is 1. The van der Waals surface area contributed by atoms with Crippen LogP contribution in [0.5, 0.6) is 0 Å². The summed E-state index contributed by atoms with van der Waals surface area (Å²) >= 11 is 5.99. The van der Waals surface area contributed by atoms with Crippen molar-refractivity contribution in [3.05, 3.63) is 23.2 Å². The summed E-state index contributed by atoms with van der Waals surface area (Å²) in [6.07, 6.45) is 1.58. The van der Waals surface area contributed by atoms with E-state index in [0.29, 0.717) is 23.5 Å². The molecule has 1 aliphatic rings. The van der Waals surface area contributed by atoms with Crippen molar-refractivity contribution in [1.29, 1.82) is 0 Å². The van der Waals surface area contributed by atoms with Crippen LogP contribution in [0.25, 0.3) is 11.1 Å². The normalized spacial score (nSPS) is 16.2. The number of amides is 1. The molecular formula is C18H24ClN3O3. The molecule has 1 fully saturated rings. The van der Waals surface area contributed by atoms with Crippen molar-refractivity contribution in [1.82, 2.24) is 10.3 Å². The molecule has 25 heavy (non-hydrogen) atoms. The molecule has 2 heterocycles. The highest BCUT2D eigenvalue weighted by molar-refractivity contribution is 6.31. The minimum atomic E-state index is -0.469. The van der Waals surface area contributed by atoms with Crippen LogP contribution in [0.1, 0.15) is 33.6 Å². The molecule has 0 unspecified atom stereocenters. The third-order valence-electron chi connectivity index (χ3n) is 4.16. The van der Waals surface area contributed by atoms with Gasteiger partial charge in [-0.3, -0.25) is 0 Å². The van der Waals surface area contributed by atoms with Crippen LogP contribution in [0.2, 0.25) is 5.02 Å². The zero-order valence-corrected chi connectivity index (χ0v) is 15.6. The van der Waals surface area contributed by atoms with Crippen molar-refractivity contribution < 1.29 is 13.9 Å². The van der Waals surface area contributed by atoms with Crippen molar-refractivity contribution in [2.24, 2.45) is 5.92 Å². The molecule has 0 spiro atoms. The second kappa shape index (κ2) is 7.12. The average molecular weight is 366 g/mol. The zero-order chi connectivity index (χ0) is 18.0. The van der Waals surface area contributed by atoms with Gasteiger partial charge in [-0.05, 0) is 57.7 Å². The lowest BCUT2D eigenvalue weighted by Crippen LogP contribution is -2.40. The molecule has 0 atom stereocenters. The van der Waals surface area contributed by atoms with E-state index >= 15 is 0 Å². The second-order valence-electron chi connectivity index (χ2n) is 7.42. The SMILES string of the molecule is CC(C)(C)OC(=O)NCC1CCN(c2nc3cc(Cl)ccc3o2)CC1. The van der Waals surface area contributed by atoms with Crippen LogP contribution in [-0.2, 0) is 4.74 Å². The first kappa shape index (κ1) is 17.9. The number of oxazole rings is 1. The first-order valence-electron chi connectivity index (χ1n) is 8.58. The lowest BCUT2D eigenvalue weighted by molar-refractivity contribution is 0.0516. The Balaban J connectivity index is 1.50. The van der Waals surface area contributed by atoms with E-state index in [1.54, 1.807) is 12.1 Å². The van der Waals surface area contributed by atoms with Crippen LogP contribution < -0.4 is 10.2 Å². The number of anilines is 1. The summed E-state index contributed by atoms with van der Waals surface area (Å²) < 4.78 is 11.1. The highest BCUT2D eigenvalue weighted by Crippen LogP contribution is 2.27. The largest absolute Gasteiger partial charge is 0.444 e. The fourth-order valence-electron chi connectivity index (χ4n) is 2.89. The summed E-state index contributed by atoms with van der Waals surface area (Å²) in [6.45, 7) is 7.91. The summed E-state index contributed by atoms with van der Waals surface area (Å²) in [5.41, 5.74) is 1.05. The maximum absolute atomic E-state index is 11.7. The Kier molecular flexibility index (Phi) is 5.08. The number of ether oxygens (including phenoxy) is 1. The summed E-state index contributed by atoms with van der Waals surface area (Å²) in [7, 11) is 0. The molecule has 136 valence electrons. The number of benzene rings is 1. The number of hydrogen-bond acceptors (Lipinski definition) is 5. The summed E-state index contributed by atoms with van der Waals surface area (Å²) in [5.74, 6) is 0.433. The third-order valence-corrected chi connectivity index (χ3v) is 4.39. The number of nitrogens with zero attached hydrogens (tertiary/aromatic N) is 2. The number of halogens is 1. The van der Waals surface area contributed by atoms with Crippen LogP contribution in [0.15, 0.2) is 22.6 Å². The average Bonchev–Trinajstić information content (AvgIpc) is 2.95. The van der Waals surface area contributed by atoms with Crippen LogP contribution in [-0.4, -0.2) is 36.3 Å². The number of carbonyl (C=O) groups is 1. The zero-order valence-electron chi connectivity index (χ0n) is 14.8. The third kappa shape index (κ3) is 4.78. The Hall–Kier alpha value is -1.95. The molecule has 1 amide bonds. The van der Waals surface area contributed by atoms with Gasteiger partial charge in [-0.25, -0.2) is 4.79 Å². The van der Waals surface area contributed by atoms with Gasteiger partial charge in [0.25, 0.3) is 6.01 Å². The Morgan fingerprint density at radius 2 is 2.12 bits per heavy atom. The number of fused-ring (bicyclic) bond motifs is 1. The molecule has 0 aliphatic carbocycles. The predicted molar refractivity (Wildman–Crippen MR) is 98.2 cm³/mol. The van der Waals surface area contributed by atoms with Gasteiger partial charge in [0.2, 0.25) is 0 Å². The van der Waals surface area contributed by atoms with Crippen LogP contribution >= 0.6 is 11.6 Å². The Bertz CT molecular complexity index is 746. The molecule has 2 aromatic rings. The molecule has 6 nitrogen and oxygen atoms in total. The topological polar surface area (TPSA) is 67.6 Å². The van der Waals surface area contributed by atoms with Gasteiger partial charge in [-0.2, -0.15) is 4.98 Å². The van der Waals surface area contributed by atoms with Gasteiger partial charge >= 0.3 is 6.09 Å². The molecule has 0 bridgehead atoms. The van der Waals surface area contributed by atoms with Gasteiger partial charge in [0.1, 0.15) is 11.1 Å². The number of aromatic nitrogens is 1. The summed E-state index contributed by atoms with van der Waals surface area (Å²) in [5, 5.41) is 3.51. The highest BCUT2D eigenvalue weighted by atomic mass is 35.5. The van der Waals surface area contributed by atoms with E-state index in [9.17, 15) is 4.79 Å². The van der Waals surface area contributed by atoms with Gasteiger partial charge in [-0.15, -0.1) is 0 Å². The number of piperidine rings is 1. The van der Waals surface area contributed by atoms with E-state index in [1.165, 1.54) is 0 Å². The number of rotatable bonds is 3. The van der Waals surface area contributed by atoms with Crippen molar-refractivity contribution in [2.45, 2.75) is 39.2 Å². The first-order valence-corrected chi connectivity index (χ1v) is 8.96. The molecule has 1 aliphatic heterocycles. The quantitative estimate of drug-likeness (QED) is 0.881. The standard InChI is InChI=1S/C18H24ClN3O3/c1-18(2,3)25-17(23)20-11-12-6-8-22(9-7-12)16-21-14-10-13(19)4-5-15(14)24-16/h4-5,10,12H,6-9,11H2,1-3H3,(H,20,23). The van der Waals surface area contributed by atoms with Gasteiger partial charge in [0.05, 0.1) is 0 Å². The minimum Gasteiger partial charge on any atom is -0.444 e. The van der Waals surface area contributed by atoms with Crippen molar-refractivity contribution in [3.8, 4) is 0 Å². The van der Waals surface area contributed by atoms with E-state index in [1.807, 2.05) is 26.8 Å².